The molecular weight excluding hydrogens is 380 g/mol. The number of rotatable bonds is 10. The van der Waals surface area contributed by atoms with E-state index < -0.39 is 10.0 Å². The van der Waals surface area contributed by atoms with Crippen molar-refractivity contribution < 1.29 is 22.7 Å². The van der Waals surface area contributed by atoms with E-state index in [-0.39, 0.29) is 24.0 Å². The van der Waals surface area contributed by atoms with Crippen LogP contribution >= 0.6 is 0 Å². The highest BCUT2D eigenvalue weighted by atomic mass is 32.2. The van der Waals surface area contributed by atoms with Gasteiger partial charge in [-0.15, -0.1) is 0 Å². The highest BCUT2D eigenvalue weighted by Crippen LogP contribution is 2.25. The van der Waals surface area contributed by atoms with Crippen LogP contribution in [-0.2, 0) is 32.7 Å². The molecule has 0 heterocycles. The molecule has 0 atom stereocenters. The SMILES string of the molecule is CCOC(=O)CNCc1ccc(OCc2ccccc2)cc1S(=O)(=O)N(C)C. The predicted octanol–water partition coefficient (Wildman–Crippen LogP) is 2.17. The van der Waals surface area contributed by atoms with Crippen molar-refractivity contribution in [2.75, 3.05) is 27.2 Å². The molecule has 0 saturated carbocycles. The fourth-order valence-corrected chi connectivity index (χ4v) is 3.59. The lowest BCUT2D eigenvalue weighted by molar-refractivity contribution is -0.142. The molecular formula is C20H26N2O5S. The van der Waals surface area contributed by atoms with Crippen LogP contribution in [0.2, 0.25) is 0 Å². The fraction of sp³-hybridized carbons (Fsp3) is 0.350. The summed E-state index contributed by atoms with van der Waals surface area (Å²) in [5.74, 6) is 0.0701. The lowest BCUT2D eigenvalue weighted by Crippen LogP contribution is -2.27. The number of hydrogen-bond acceptors (Lipinski definition) is 6. The summed E-state index contributed by atoms with van der Waals surface area (Å²) >= 11 is 0. The highest BCUT2D eigenvalue weighted by Gasteiger charge is 2.22. The molecule has 0 aliphatic heterocycles. The second-order valence-corrected chi connectivity index (χ2v) is 8.36. The zero-order valence-corrected chi connectivity index (χ0v) is 17.2. The van der Waals surface area contributed by atoms with E-state index in [4.69, 9.17) is 9.47 Å². The quantitative estimate of drug-likeness (QED) is 0.609. The van der Waals surface area contributed by atoms with E-state index in [1.165, 1.54) is 20.2 Å². The Morgan fingerprint density at radius 3 is 2.46 bits per heavy atom. The van der Waals surface area contributed by atoms with E-state index in [1.807, 2.05) is 30.3 Å². The molecule has 2 rings (SSSR count). The first-order valence-corrected chi connectivity index (χ1v) is 10.4. The van der Waals surface area contributed by atoms with Crippen molar-refractivity contribution >= 4 is 16.0 Å². The second kappa shape index (κ2) is 10.2. The van der Waals surface area contributed by atoms with Crippen LogP contribution in [0.5, 0.6) is 5.75 Å². The minimum Gasteiger partial charge on any atom is -0.489 e. The van der Waals surface area contributed by atoms with Gasteiger partial charge in [0, 0.05) is 26.7 Å². The van der Waals surface area contributed by atoms with E-state index in [2.05, 4.69) is 5.32 Å². The average molecular weight is 407 g/mol. The number of benzene rings is 2. The maximum Gasteiger partial charge on any atom is 0.319 e. The van der Waals surface area contributed by atoms with Gasteiger partial charge in [0.1, 0.15) is 12.4 Å². The van der Waals surface area contributed by atoms with Gasteiger partial charge < -0.3 is 14.8 Å². The Hall–Kier alpha value is -2.42. The summed E-state index contributed by atoms with van der Waals surface area (Å²) in [4.78, 5) is 11.6. The normalized spacial score (nSPS) is 11.4. The monoisotopic (exact) mass is 406 g/mol. The van der Waals surface area contributed by atoms with E-state index in [9.17, 15) is 13.2 Å². The number of carbonyl (C=O) groups is 1. The average Bonchev–Trinajstić information content (AvgIpc) is 2.68. The summed E-state index contributed by atoms with van der Waals surface area (Å²) < 4.78 is 37.2. The van der Waals surface area contributed by atoms with Crippen LogP contribution < -0.4 is 10.1 Å². The summed E-state index contributed by atoms with van der Waals surface area (Å²) in [6.45, 7) is 2.58. The van der Waals surface area contributed by atoms with Gasteiger partial charge in [0.05, 0.1) is 18.0 Å². The Kier molecular flexibility index (Phi) is 7.98. The van der Waals surface area contributed by atoms with E-state index in [0.29, 0.717) is 24.5 Å². The molecule has 0 aromatic heterocycles. The molecule has 2 aromatic carbocycles. The number of hydrogen-bond donors (Lipinski definition) is 1. The Labute approximate surface area is 166 Å². The van der Waals surface area contributed by atoms with Crippen LogP contribution in [0, 0.1) is 0 Å². The summed E-state index contributed by atoms with van der Waals surface area (Å²) in [7, 11) is -0.727. The van der Waals surface area contributed by atoms with Gasteiger partial charge in [0.15, 0.2) is 0 Å². The molecule has 0 aliphatic carbocycles. The van der Waals surface area contributed by atoms with Crippen LogP contribution in [0.1, 0.15) is 18.1 Å². The minimum absolute atomic E-state index is 0.00154. The lowest BCUT2D eigenvalue weighted by Gasteiger charge is -2.17. The topological polar surface area (TPSA) is 84.9 Å². The zero-order chi connectivity index (χ0) is 20.6. The molecule has 0 amide bonds. The first kappa shape index (κ1) is 21.9. The zero-order valence-electron chi connectivity index (χ0n) is 16.3. The lowest BCUT2D eigenvalue weighted by atomic mass is 10.2. The van der Waals surface area contributed by atoms with Crippen molar-refractivity contribution in [1.82, 2.24) is 9.62 Å². The molecule has 0 aliphatic rings. The van der Waals surface area contributed by atoms with Gasteiger partial charge >= 0.3 is 5.97 Å². The van der Waals surface area contributed by atoms with E-state index >= 15 is 0 Å². The molecule has 0 spiro atoms. The Bertz CT molecular complexity index is 883. The number of ether oxygens (including phenoxy) is 2. The maximum atomic E-state index is 12.7. The van der Waals surface area contributed by atoms with Gasteiger partial charge in [-0.3, -0.25) is 4.79 Å². The third kappa shape index (κ3) is 6.05. The molecule has 152 valence electrons. The van der Waals surface area contributed by atoms with Crippen LogP contribution in [0.3, 0.4) is 0 Å². The van der Waals surface area contributed by atoms with Gasteiger partial charge in [-0.1, -0.05) is 36.4 Å². The molecule has 2 aromatic rings. The molecule has 7 nitrogen and oxygen atoms in total. The number of nitrogens with zero attached hydrogens (tertiary/aromatic N) is 1. The van der Waals surface area contributed by atoms with Crippen molar-refractivity contribution in [2.45, 2.75) is 25.0 Å². The smallest absolute Gasteiger partial charge is 0.319 e. The van der Waals surface area contributed by atoms with Crippen molar-refractivity contribution in [3.05, 3.63) is 59.7 Å². The molecule has 0 radical (unpaired) electrons. The van der Waals surface area contributed by atoms with Gasteiger partial charge in [-0.05, 0) is 24.1 Å². The second-order valence-electron chi connectivity index (χ2n) is 6.24. The van der Waals surface area contributed by atoms with Crippen molar-refractivity contribution in [1.29, 1.82) is 0 Å². The third-order valence-corrected chi connectivity index (χ3v) is 5.83. The number of sulfonamides is 1. The first-order valence-electron chi connectivity index (χ1n) is 8.93. The predicted molar refractivity (Wildman–Crippen MR) is 106 cm³/mol. The standard InChI is InChI=1S/C20H26N2O5S/c1-4-26-20(23)14-21-13-17-10-11-18(12-19(17)28(24,25)22(2)3)27-15-16-8-6-5-7-9-16/h5-12,21H,4,13-15H2,1-3H3. The van der Waals surface area contributed by atoms with E-state index in [1.54, 1.807) is 19.1 Å². The number of nitrogens with one attached hydrogen (secondary N) is 1. The summed E-state index contributed by atoms with van der Waals surface area (Å²) in [6, 6.07) is 14.5. The fourth-order valence-electron chi connectivity index (χ4n) is 2.46. The maximum absolute atomic E-state index is 12.7. The molecule has 0 unspecified atom stereocenters. The third-order valence-electron chi connectivity index (χ3n) is 3.94. The molecule has 0 fully saturated rings. The summed E-state index contributed by atoms with van der Waals surface area (Å²) in [5.41, 5.74) is 1.53. The molecule has 8 heteroatoms. The number of esters is 1. The molecule has 0 saturated heterocycles. The molecule has 28 heavy (non-hydrogen) atoms. The number of carbonyl (C=O) groups excluding carboxylic acids is 1. The minimum atomic E-state index is -3.68. The Morgan fingerprint density at radius 1 is 1.11 bits per heavy atom. The van der Waals surface area contributed by atoms with Crippen LogP contribution in [0.15, 0.2) is 53.4 Å². The van der Waals surface area contributed by atoms with Crippen LogP contribution in [-0.4, -0.2) is 45.9 Å². The molecule has 0 bridgehead atoms. The van der Waals surface area contributed by atoms with Gasteiger partial charge in [-0.2, -0.15) is 0 Å². The Balaban J connectivity index is 2.18. The molecule has 1 N–H and O–H groups in total. The van der Waals surface area contributed by atoms with Crippen molar-refractivity contribution in [3.8, 4) is 5.75 Å². The van der Waals surface area contributed by atoms with Gasteiger partial charge in [0.2, 0.25) is 10.0 Å². The first-order chi connectivity index (χ1) is 13.3. The Morgan fingerprint density at radius 2 is 1.82 bits per heavy atom. The van der Waals surface area contributed by atoms with Gasteiger partial charge in [0.25, 0.3) is 0 Å². The van der Waals surface area contributed by atoms with E-state index in [0.717, 1.165) is 9.87 Å². The van der Waals surface area contributed by atoms with Crippen molar-refractivity contribution in [2.24, 2.45) is 0 Å². The van der Waals surface area contributed by atoms with Crippen LogP contribution in [0.25, 0.3) is 0 Å². The van der Waals surface area contributed by atoms with Crippen LogP contribution in [0.4, 0.5) is 0 Å². The summed E-state index contributed by atoms with van der Waals surface area (Å²) in [5, 5.41) is 2.92. The van der Waals surface area contributed by atoms with Crippen molar-refractivity contribution in [3.63, 3.8) is 0 Å². The van der Waals surface area contributed by atoms with Gasteiger partial charge in [-0.25, -0.2) is 12.7 Å². The summed E-state index contributed by atoms with van der Waals surface area (Å²) in [6.07, 6.45) is 0. The largest absolute Gasteiger partial charge is 0.489 e. The highest BCUT2D eigenvalue weighted by molar-refractivity contribution is 7.89.